The zero-order chi connectivity index (χ0) is 11.0. The molecule has 0 fully saturated rings. The summed E-state index contributed by atoms with van der Waals surface area (Å²) in [6, 6.07) is 0. The molecule has 0 nitrogen and oxygen atoms in total. The van der Waals surface area contributed by atoms with E-state index in [0.29, 0.717) is 5.41 Å². The van der Waals surface area contributed by atoms with Crippen LogP contribution in [0.5, 0.6) is 0 Å². The molecule has 0 aromatic carbocycles. The molecule has 0 aliphatic carbocycles. The minimum absolute atomic E-state index is 0.507. The van der Waals surface area contributed by atoms with Gasteiger partial charge in [-0.15, -0.1) is 0 Å². The largest absolute Gasteiger partial charge is 0.0625 e. The topological polar surface area (TPSA) is 0 Å². The molecule has 0 rings (SSSR count). The Morgan fingerprint density at radius 3 is 2.07 bits per heavy atom. The van der Waals surface area contributed by atoms with Crippen LogP contribution in [0, 0.1) is 18.3 Å². The average molecular weight is 197 g/mol. The molecule has 85 valence electrons. The second-order valence-electron chi connectivity index (χ2n) is 5.93. The van der Waals surface area contributed by atoms with Crippen molar-refractivity contribution in [2.45, 2.75) is 72.6 Å². The van der Waals surface area contributed by atoms with Crippen LogP contribution in [0.1, 0.15) is 72.6 Å². The normalized spacial score (nSPS) is 14.4. The van der Waals surface area contributed by atoms with Crippen molar-refractivity contribution >= 4 is 0 Å². The van der Waals surface area contributed by atoms with E-state index >= 15 is 0 Å². The molecule has 0 heteroatoms. The first kappa shape index (κ1) is 14.0. The van der Waals surface area contributed by atoms with E-state index in [0.717, 1.165) is 12.3 Å². The maximum absolute atomic E-state index is 3.87. The molecule has 1 unspecified atom stereocenters. The number of rotatable bonds is 7. The van der Waals surface area contributed by atoms with Crippen molar-refractivity contribution in [2.24, 2.45) is 11.3 Å². The van der Waals surface area contributed by atoms with Crippen LogP contribution >= 0.6 is 0 Å². The Hall–Kier alpha value is 0. The molecule has 0 saturated carbocycles. The average Bonchev–Trinajstić information content (AvgIpc) is 2.00. The molecule has 0 saturated heterocycles. The highest BCUT2D eigenvalue weighted by Gasteiger charge is 2.14. The van der Waals surface area contributed by atoms with Crippen LogP contribution in [0.3, 0.4) is 0 Å². The van der Waals surface area contributed by atoms with E-state index in [-0.39, 0.29) is 0 Å². The van der Waals surface area contributed by atoms with Crippen LogP contribution in [0.15, 0.2) is 0 Å². The Bertz CT molecular complexity index is 118. The molecule has 0 aliphatic rings. The van der Waals surface area contributed by atoms with Crippen molar-refractivity contribution in [3.8, 4) is 0 Å². The Morgan fingerprint density at radius 1 is 1.00 bits per heavy atom. The summed E-state index contributed by atoms with van der Waals surface area (Å²) < 4.78 is 0. The first-order valence-corrected chi connectivity index (χ1v) is 6.25. The molecule has 0 amide bonds. The maximum Gasteiger partial charge on any atom is -0.0380 e. The lowest BCUT2D eigenvalue weighted by molar-refractivity contribution is 0.291. The van der Waals surface area contributed by atoms with Gasteiger partial charge in [0.25, 0.3) is 0 Å². The van der Waals surface area contributed by atoms with Crippen molar-refractivity contribution in [2.75, 3.05) is 0 Å². The molecule has 0 aromatic heterocycles. The molecular formula is C14H29. The van der Waals surface area contributed by atoms with E-state index < -0.39 is 0 Å². The molecule has 1 radical (unpaired) electrons. The lowest BCUT2D eigenvalue weighted by Gasteiger charge is -2.23. The van der Waals surface area contributed by atoms with E-state index in [1.165, 1.54) is 38.5 Å². The highest BCUT2D eigenvalue weighted by atomic mass is 14.2. The second-order valence-corrected chi connectivity index (χ2v) is 5.93. The predicted molar refractivity (Wildman–Crippen MR) is 66.3 cm³/mol. The summed E-state index contributed by atoms with van der Waals surface area (Å²) in [7, 11) is 0. The van der Waals surface area contributed by atoms with E-state index in [4.69, 9.17) is 0 Å². The predicted octanol–water partition coefficient (Wildman–Crippen LogP) is 5.23. The van der Waals surface area contributed by atoms with Gasteiger partial charge in [0.15, 0.2) is 0 Å². The summed E-state index contributed by atoms with van der Waals surface area (Å²) in [4.78, 5) is 0. The first-order chi connectivity index (χ1) is 6.45. The van der Waals surface area contributed by atoms with Gasteiger partial charge in [0.2, 0.25) is 0 Å². The van der Waals surface area contributed by atoms with Crippen LogP contribution in [0.2, 0.25) is 0 Å². The van der Waals surface area contributed by atoms with Gasteiger partial charge in [0.05, 0.1) is 0 Å². The van der Waals surface area contributed by atoms with Crippen molar-refractivity contribution in [1.82, 2.24) is 0 Å². The summed E-state index contributed by atoms with van der Waals surface area (Å²) in [6.45, 7) is 13.3. The molecule has 14 heavy (non-hydrogen) atoms. The van der Waals surface area contributed by atoms with Crippen molar-refractivity contribution < 1.29 is 0 Å². The molecular weight excluding hydrogens is 168 g/mol. The highest BCUT2D eigenvalue weighted by Crippen LogP contribution is 2.27. The van der Waals surface area contributed by atoms with E-state index in [1.54, 1.807) is 0 Å². The Balaban J connectivity index is 3.31. The van der Waals surface area contributed by atoms with Crippen LogP contribution in [-0.4, -0.2) is 0 Å². The monoisotopic (exact) mass is 197 g/mol. The molecule has 0 spiro atoms. The van der Waals surface area contributed by atoms with Gasteiger partial charge in [-0.05, 0) is 17.8 Å². The third-order valence-electron chi connectivity index (χ3n) is 2.66. The zero-order valence-corrected chi connectivity index (χ0v) is 10.7. The summed E-state index contributed by atoms with van der Waals surface area (Å²) in [6.07, 6.45) is 9.40. The third kappa shape index (κ3) is 10.1. The van der Waals surface area contributed by atoms with Gasteiger partial charge in [-0.1, -0.05) is 73.1 Å². The van der Waals surface area contributed by atoms with Crippen LogP contribution in [0.4, 0.5) is 0 Å². The minimum Gasteiger partial charge on any atom is -0.0625 e. The van der Waals surface area contributed by atoms with Gasteiger partial charge in [0.1, 0.15) is 0 Å². The van der Waals surface area contributed by atoms with Gasteiger partial charge in [-0.25, -0.2) is 0 Å². The van der Waals surface area contributed by atoms with E-state index in [9.17, 15) is 0 Å². The zero-order valence-electron chi connectivity index (χ0n) is 10.7. The van der Waals surface area contributed by atoms with Gasteiger partial charge in [0, 0.05) is 0 Å². The summed E-state index contributed by atoms with van der Waals surface area (Å²) in [5.74, 6) is 0.898. The van der Waals surface area contributed by atoms with Crippen LogP contribution in [0.25, 0.3) is 0 Å². The number of hydrogen-bond acceptors (Lipinski definition) is 0. The fourth-order valence-electron chi connectivity index (χ4n) is 2.17. The number of hydrogen-bond donors (Lipinski definition) is 0. The van der Waals surface area contributed by atoms with Gasteiger partial charge in [-0.3, -0.25) is 0 Å². The fraction of sp³-hybridized carbons (Fsp3) is 0.929. The minimum atomic E-state index is 0.507. The van der Waals surface area contributed by atoms with Gasteiger partial charge < -0.3 is 0 Å². The summed E-state index contributed by atoms with van der Waals surface area (Å²) in [5.41, 5.74) is 0.507. The maximum atomic E-state index is 3.87. The fourth-order valence-corrected chi connectivity index (χ4v) is 2.17. The third-order valence-corrected chi connectivity index (χ3v) is 2.66. The highest BCUT2D eigenvalue weighted by molar-refractivity contribution is 4.66. The second kappa shape index (κ2) is 7.31. The standard InChI is InChI=1S/C14H29/c1-6-7-8-9-10-11-13(2)12-14(3,4)5/h13H,1,6-12H2,2-5H3. The Labute approximate surface area is 91.5 Å². The van der Waals surface area contributed by atoms with Crippen molar-refractivity contribution in [3.63, 3.8) is 0 Å². The quantitative estimate of drug-likeness (QED) is 0.490. The summed E-state index contributed by atoms with van der Waals surface area (Å²) >= 11 is 0. The molecule has 0 aromatic rings. The molecule has 1 atom stereocenters. The van der Waals surface area contributed by atoms with Crippen molar-refractivity contribution in [3.05, 3.63) is 6.92 Å². The molecule has 0 heterocycles. The van der Waals surface area contributed by atoms with Crippen molar-refractivity contribution in [1.29, 1.82) is 0 Å². The lowest BCUT2D eigenvalue weighted by Crippen LogP contribution is -2.10. The van der Waals surface area contributed by atoms with Gasteiger partial charge >= 0.3 is 0 Å². The summed E-state index contributed by atoms with van der Waals surface area (Å²) in [5, 5.41) is 0. The van der Waals surface area contributed by atoms with Crippen LogP contribution < -0.4 is 0 Å². The molecule has 0 aliphatic heterocycles. The number of unbranched alkanes of at least 4 members (excludes halogenated alkanes) is 4. The first-order valence-electron chi connectivity index (χ1n) is 6.25. The molecule has 0 bridgehead atoms. The van der Waals surface area contributed by atoms with E-state index in [2.05, 4.69) is 34.6 Å². The SMILES string of the molecule is [CH2]CCCCCCC(C)CC(C)(C)C. The smallest absolute Gasteiger partial charge is 0.0380 e. The lowest BCUT2D eigenvalue weighted by atomic mass is 9.83. The Kier molecular flexibility index (Phi) is 7.31. The molecule has 0 N–H and O–H groups in total. The van der Waals surface area contributed by atoms with Crippen LogP contribution in [-0.2, 0) is 0 Å². The van der Waals surface area contributed by atoms with Gasteiger partial charge in [-0.2, -0.15) is 0 Å². The van der Waals surface area contributed by atoms with E-state index in [1.807, 2.05) is 0 Å². The Morgan fingerprint density at radius 2 is 1.57 bits per heavy atom.